The van der Waals surface area contributed by atoms with Crippen molar-refractivity contribution in [3.63, 3.8) is 0 Å². The number of carbonyl (C=O) groups is 3. The molecule has 0 radical (unpaired) electrons. The number of nitrogens with one attached hydrogen (secondary N) is 1. The third-order valence-corrected chi connectivity index (χ3v) is 5.70. The Morgan fingerprint density at radius 1 is 1.29 bits per heavy atom. The minimum Gasteiger partial charge on any atom is -0.481 e. The summed E-state index contributed by atoms with van der Waals surface area (Å²) in [6.07, 6.45) is 7.85. The van der Waals surface area contributed by atoms with Crippen molar-refractivity contribution in [3.8, 4) is 0 Å². The van der Waals surface area contributed by atoms with Crippen LogP contribution in [-0.4, -0.2) is 47.0 Å². The maximum atomic E-state index is 11.8. The summed E-state index contributed by atoms with van der Waals surface area (Å²) in [5, 5.41) is 22.1. The van der Waals surface area contributed by atoms with Gasteiger partial charge in [0.25, 0.3) is 0 Å². The van der Waals surface area contributed by atoms with Crippen LogP contribution in [0.15, 0.2) is 22.8 Å². The maximum absolute atomic E-state index is 11.8. The Balaban J connectivity index is 2.41. The Hall–Kier alpha value is -1.80. The average molecular weight is 414 g/mol. The number of rotatable bonds is 13. The van der Waals surface area contributed by atoms with E-state index in [1.54, 1.807) is 0 Å². The van der Waals surface area contributed by atoms with E-state index in [0.29, 0.717) is 30.7 Å². The normalized spacial score (nSPS) is 15.8. The van der Waals surface area contributed by atoms with Crippen LogP contribution in [0, 0.1) is 5.92 Å². The largest absolute Gasteiger partial charge is 0.481 e. The van der Waals surface area contributed by atoms with Crippen LogP contribution < -0.4 is 5.32 Å². The Labute approximate surface area is 170 Å². The highest BCUT2D eigenvalue weighted by atomic mass is 32.2. The molecule has 8 heteroatoms. The molecule has 0 aromatic carbocycles. The second-order valence-corrected chi connectivity index (χ2v) is 7.98. The van der Waals surface area contributed by atoms with Crippen molar-refractivity contribution >= 4 is 29.6 Å². The summed E-state index contributed by atoms with van der Waals surface area (Å²) in [6.45, 7) is 2.03. The lowest BCUT2D eigenvalue weighted by atomic mass is 9.96. The van der Waals surface area contributed by atoms with E-state index in [9.17, 15) is 24.6 Å². The number of carboxylic acids is 1. The molecule has 28 heavy (non-hydrogen) atoms. The number of unbranched alkanes of at least 4 members (excludes halogenated alkanes) is 1. The molecular weight excluding hydrogens is 382 g/mol. The van der Waals surface area contributed by atoms with Gasteiger partial charge < -0.3 is 20.3 Å². The Bertz CT molecular complexity index is 602. The Morgan fingerprint density at radius 3 is 2.68 bits per heavy atom. The van der Waals surface area contributed by atoms with E-state index in [4.69, 9.17) is 0 Å². The first kappa shape index (κ1) is 24.2. The lowest BCUT2D eigenvalue weighted by Gasteiger charge is -2.17. The second kappa shape index (κ2) is 13.4. The predicted octanol–water partition coefficient (Wildman–Crippen LogP) is 2.99. The number of allylic oxidation sites excluding steroid dienone is 3. The minimum atomic E-state index is -0.791. The second-order valence-electron chi connectivity index (χ2n) is 6.83. The van der Waals surface area contributed by atoms with Crippen LogP contribution in [0.2, 0.25) is 0 Å². The third kappa shape index (κ3) is 9.94. The number of ether oxygens (including phenoxy) is 1. The van der Waals surface area contributed by atoms with Crippen LogP contribution in [0.1, 0.15) is 58.3 Å². The number of hydrogen-bond donors (Lipinski definition) is 3. The van der Waals surface area contributed by atoms with Gasteiger partial charge in [0.2, 0.25) is 5.91 Å². The quantitative estimate of drug-likeness (QED) is 0.314. The summed E-state index contributed by atoms with van der Waals surface area (Å²) < 4.78 is 4.47. The van der Waals surface area contributed by atoms with Crippen LogP contribution in [0.25, 0.3) is 0 Å². The Kier molecular flexibility index (Phi) is 11.6. The molecule has 3 N–H and O–H groups in total. The summed E-state index contributed by atoms with van der Waals surface area (Å²) in [6, 6.07) is 0. The number of aliphatic hydroxyl groups excluding tert-OH is 1. The van der Waals surface area contributed by atoms with Gasteiger partial charge in [-0.05, 0) is 43.1 Å². The molecule has 1 rings (SSSR count). The van der Waals surface area contributed by atoms with Crippen molar-refractivity contribution in [2.24, 2.45) is 5.92 Å². The molecule has 0 saturated carbocycles. The van der Waals surface area contributed by atoms with Crippen molar-refractivity contribution in [1.82, 2.24) is 5.32 Å². The molecule has 0 unspecified atom stereocenters. The lowest BCUT2D eigenvalue weighted by molar-refractivity contribution is -0.144. The fraction of sp³-hybridized carbons (Fsp3) is 0.650. The number of hydrogen-bond acceptors (Lipinski definition) is 6. The van der Waals surface area contributed by atoms with Gasteiger partial charge >= 0.3 is 11.9 Å². The molecule has 0 spiro atoms. The van der Waals surface area contributed by atoms with Crippen LogP contribution in [0.5, 0.6) is 0 Å². The summed E-state index contributed by atoms with van der Waals surface area (Å²) in [4.78, 5) is 35.2. The molecule has 158 valence electrons. The van der Waals surface area contributed by atoms with Gasteiger partial charge in [-0.25, -0.2) is 0 Å². The highest BCUT2D eigenvalue weighted by Gasteiger charge is 2.19. The van der Waals surface area contributed by atoms with Crippen LogP contribution in [0.4, 0.5) is 0 Å². The number of carboxylic acid groups (broad SMARTS) is 1. The molecule has 0 aromatic heterocycles. The molecule has 0 saturated heterocycles. The zero-order valence-corrected chi connectivity index (χ0v) is 17.4. The topological polar surface area (TPSA) is 113 Å². The van der Waals surface area contributed by atoms with E-state index in [-0.39, 0.29) is 6.42 Å². The van der Waals surface area contributed by atoms with Gasteiger partial charge in [-0.15, -0.1) is 11.8 Å². The van der Waals surface area contributed by atoms with Crippen molar-refractivity contribution < 1.29 is 29.3 Å². The number of thioether (sulfide) groups is 1. The Morgan fingerprint density at radius 2 is 2.04 bits per heavy atom. The number of amides is 1. The SMILES string of the molecule is CCCC[C@H](CC[C@@H](O)CSC1=CC(NC(=O)CC(=O)OC)=CCC1)C(=O)O. The van der Waals surface area contributed by atoms with Crippen LogP contribution >= 0.6 is 11.8 Å². The van der Waals surface area contributed by atoms with Gasteiger partial charge in [-0.3, -0.25) is 14.4 Å². The zero-order chi connectivity index (χ0) is 20.9. The van der Waals surface area contributed by atoms with Gasteiger partial charge in [0.1, 0.15) is 6.42 Å². The van der Waals surface area contributed by atoms with E-state index in [1.165, 1.54) is 18.9 Å². The first-order chi connectivity index (χ1) is 13.3. The van der Waals surface area contributed by atoms with Crippen LogP contribution in [-0.2, 0) is 19.1 Å². The molecule has 7 nitrogen and oxygen atoms in total. The number of esters is 1. The molecule has 1 aliphatic rings. The fourth-order valence-electron chi connectivity index (χ4n) is 2.81. The highest BCUT2D eigenvalue weighted by Crippen LogP contribution is 2.28. The maximum Gasteiger partial charge on any atom is 0.315 e. The van der Waals surface area contributed by atoms with Crippen LogP contribution in [0.3, 0.4) is 0 Å². The van der Waals surface area contributed by atoms with E-state index in [1.807, 2.05) is 19.1 Å². The van der Waals surface area contributed by atoms with Crippen molar-refractivity contribution in [2.45, 2.75) is 64.4 Å². The van der Waals surface area contributed by atoms with Gasteiger partial charge in [0.15, 0.2) is 0 Å². The summed E-state index contributed by atoms with van der Waals surface area (Å²) in [5.74, 6) is -1.72. The smallest absolute Gasteiger partial charge is 0.315 e. The summed E-state index contributed by atoms with van der Waals surface area (Å²) in [5.41, 5.74) is 0.641. The molecule has 0 heterocycles. The molecule has 1 amide bonds. The first-order valence-electron chi connectivity index (χ1n) is 9.66. The van der Waals surface area contributed by atoms with Crippen molar-refractivity contribution in [2.75, 3.05) is 12.9 Å². The van der Waals surface area contributed by atoms with E-state index in [2.05, 4.69) is 10.1 Å². The van der Waals surface area contributed by atoms with Gasteiger partial charge in [0.05, 0.1) is 19.1 Å². The molecular formula is C20H31NO6S. The van der Waals surface area contributed by atoms with E-state index in [0.717, 1.165) is 30.6 Å². The average Bonchev–Trinajstić information content (AvgIpc) is 2.66. The monoisotopic (exact) mass is 413 g/mol. The van der Waals surface area contributed by atoms with Crippen molar-refractivity contribution in [3.05, 3.63) is 22.8 Å². The lowest BCUT2D eigenvalue weighted by Crippen LogP contribution is -2.25. The standard InChI is InChI=1S/C20H31NO6S/c1-3-4-6-14(20(25)26)9-10-16(22)13-28-17-8-5-7-15(11-17)21-18(23)12-19(24)27-2/h7,11,14,16,22H,3-6,8-10,12-13H2,1-2H3,(H,21,23)(H,25,26)/t14-,16-/m1/s1. The molecule has 1 aliphatic carbocycles. The van der Waals surface area contributed by atoms with Gasteiger partial charge in [-0.2, -0.15) is 0 Å². The molecule has 2 atom stereocenters. The van der Waals surface area contributed by atoms with Crippen molar-refractivity contribution in [1.29, 1.82) is 0 Å². The van der Waals surface area contributed by atoms with E-state index < -0.39 is 29.9 Å². The fourth-order valence-corrected chi connectivity index (χ4v) is 3.85. The minimum absolute atomic E-state index is 0.328. The molecule has 0 bridgehead atoms. The zero-order valence-electron chi connectivity index (χ0n) is 16.6. The van der Waals surface area contributed by atoms with Gasteiger partial charge in [-0.1, -0.05) is 25.8 Å². The van der Waals surface area contributed by atoms with E-state index >= 15 is 0 Å². The predicted molar refractivity (Wildman–Crippen MR) is 109 cm³/mol. The molecule has 0 aliphatic heterocycles. The third-order valence-electron chi connectivity index (χ3n) is 4.45. The highest BCUT2D eigenvalue weighted by molar-refractivity contribution is 8.03. The first-order valence-corrected chi connectivity index (χ1v) is 10.6. The molecule has 0 fully saturated rings. The number of carbonyl (C=O) groups excluding carboxylic acids is 2. The number of aliphatic hydroxyl groups is 1. The number of methoxy groups -OCH3 is 1. The number of aliphatic carboxylic acids is 1. The summed E-state index contributed by atoms with van der Waals surface area (Å²) >= 11 is 1.51. The molecule has 0 aromatic rings. The van der Waals surface area contributed by atoms with Gasteiger partial charge in [0, 0.05) is 11.4 Å². The summed E-state index contributed by atoms with van der Waals surface area (Å²) in [7, 11) is 1.23.